The minimum atomic E-state index is -5.43. The summed E-state index contributed by atoms with van der Waals surface area (Å²) in [4.78, 5) is 37.4. The van der Waals surface area contributed by atoms with E-state index >= 15 is 4.39 Å². The van der Waals surface area contributed by atoms with Gasteiger partial charge in [-0.2, -0.15) is 23.5 Å². The van der Waals surface area contributed by atoms with Crippen LogP contribution in [0.5, 0.6) is 0 Å². The molecule has 0 aromatic carbocycles. The van der Waals surface area contributed by atoms with Crippen molar-refractivity contribution in [1.29, 1.82) is 5.26 Å². The predicted octanol–water partition coefficient (Wildman–Crippen LogP) is 6.02. The second-order valence-electron chi connectivity index (χ2n) is 12.5. The van der Waals surface area contributed by atoms with Crippen LogP contribution in [0, 0.1) is 23.1 Å². The first-order chi connectivity index (χ1) is 22.7. The van der Waals surface area contributed by atoms with Crippen molar-refractivity contribution >= 4 is 48.5 Å². The highest BCUT2D eigenvalue weighted by atomic mass is 35.5. The lowest BCUT2D eigenvalue weighted by molar-refractivity contribution is -0.193. The van der Waals surface area contributed by atoms with Crippen molar-refractivity contribution in [2.24, 2.45) is 5.92 Å². The Kier molecular flexibility index (Phi) is 10.2. The van der Waals surface area contributed by atoms with Gasteiger partial charge in [-0.05, 0) is 24.6 Å². The largest absolute Gasteiger partial charge is 0.491 e. The Balaban J connectivity index is 1.30. The molecular weight excluding hydrogens is 676 g/mol. The Morgan fingerprint density at radius 2 is 2.02 bits per heavy atom. The van der Waals surface area contributed by atoms with Crippen LogP contribution in [-0.2, 0) is 21.0 Å². The molecule has 0 unspecified atom stereocenters. The minimum Gasteiger partial charge on any atom is -0.383 e. The van der Waals surface area contributed by atoms with E-state index in [1.807, 2.05) is 16.8 Å². The van der Waals surface area contributed by atoms with Gasteiger partial charge in [0.1, 0.15) is 29.4 Å². The van der Waals surface area contributed by atoms with Crippen LogP contribution >= 0.6 is 11.6 Å². The number of hydrogen-bond donors (Lipinski definition) is 0. The van der Waals surface area contributed by atoms with E-state index < -0.39 is 48.8 Å². The molecule has 0 aliphatic carbocycles. The molecule has 0 saturated carbocycles. The van der Waals surface area contributed by atoms with Crippen LogP contribution in [-0.4, -0.2) is 75.2 Å². The molecule has 48 heavy (non-hydrogen) atoms. The highest BCUT2D eigenvalue weighted by Crippen LogP contribution is 2.36. The maximum Gasteiger partial charge on any atom is 0.491 e. The predicted molar refractivity (Wildman–Crippen MR) is 168 cm³/mol. The second-order valence-corrected chi connectivity index (χ2v) is 18.5. The zero-order valence-electron chi connectivity index (χ0n) is 26.2. The summed E-state index contributed by atoms with van der Waals surface area (Å²) in [5.41, 5.74) is 1.25. The number of anilines is 1. The molecule has 0 bridgehead atoms. The molecule has 5 heterocycles. The number of esters is 2. The molecule has 4 aromatic heterocycles. The summed E-state index contributed by atoms with van der Waals surface area (Å²) in [7, 11) is -1.22. The van der Waals surface area contributed by atoms with Gasteiger partial charge in [0.25, 0.3) is 0 Å². The van der Waals surface area contributed by atoms with Gasteiger partial charge in [0, 0.05) is 57.0 Å². The fourth-order valence-corrected chi connectivity index (χ4v) is 6.37. The zero-order chi connectivity index (χ0) is 34.8. The van der Waals surface area contributed by atoms with Gasteiger partial charge in [-0.3, -0.25) is 4.68 Å². The van der Waals surface area contributed by atoms with Gasteiger partial charge < -0.3 is 18.9 Å². The molecule has 1 saturated heterocycles. The summed E-state index contributed by atoms with van der Waals surface area (Å²) in [5.74, 6) is -6.03. The van der Waals surface area contributed by atoms with Crippen LogP contribution < -0.4 is 4.90 Å². The zero-order valence-corrected chi connectivity index (χ0v) is 27.9. The van der Waals surface area contributed by atoms with Crippen LogP contribution in [0.2, 0.25) is 30.8 Å². The summed E-state index contributed by atoms with van der Waals surface area (Å²) in [6.07, 6.45) is 2.00. The lowest BCUT2D eigenvalue weighted by Crippen LogP contribution is -2.29. The molecule has 1 aliphatic rings. The number of ether oxygens (including phenoxy) is 2. The number of carbonyl (C=O) groups is 2. The number of pyridine rings is 1. The number of halogens is 5. The molecule has 5 rings (SSSR count). The van der Waals surface area contributed by atoms with Gasteiger partial charge >= 0.3 is 18.1 Å². The van der Waals surface area contributed by atoms with Crippen molar-refractivity contribution in [3.8, 4) is 17.3 Å². The van der Waals surface area contributed by atoms with Crippen molar-refractivity contribution in [3.05, 3.63) is 53.6 Å². The summed E-state index contributed by atoms with van der Waals surface area (Å²) in [6, 6.07) is 5.32. The van der Waals surface area contributed by atoms with Crippen molar-refractivity contribution in [2.75, 3.05) is 24.6 Å². The summed E-state index contributed by atoms with van der Waals surface area (Å²) in [5, 5.41) is 14.4. The van der Waals surface area contributed by atoms with Crippen LogP contribution in [0.1, 0.15) is 29.2 Å². The molecule has 18 heteroatoms. The third kappa shape index (κ3) is 7.83. The average Bonchev–Trinajstić information content (AvgIpc) is 3.78. The van der Waals surface area contributed by atoms with E-state index in [1.54, 1.807) is 22.0 Å². The standard InChI is InChI=1S/C30H31ClF4N8O4Si/c1-48(2,3)11-10-46-17-42-9-6-20-24(37-16-38-26(20)42)19-13-39-43(15-19)23(4-7-36)18-5-8-41(14-18)27-22(32)12-21(25(31)40-27)28(44)47-29(45)30(33,34)35/h6,9,12-13,15-16,18,23H,4-5,8,10-11,14,17H2,1-3H3/t18-,23-/m0/s1. The molecule has 254 valence electrons. The molecule has 0 spiro atoms. The average molecular weight is 707 g/mol. The van der Waals surface area contributed by atoms with Gasteiger partial charge in [-0.25, -0.2) is 28.9 Å². The number of nitrogens with zero attached hydrogens (tertiary/aromatic N) is 8. The van der Waals surface area contributed by atoms with E-state index in [9.17, 15) is 28.0 Å². The monoisotopic (exact) mass is 706 g/mol. The van der Waals surface area contributed by atoms with Crippen molar-refractivity contribution in [2.45, 2.75) is 57.5 Å². The highest BCUT2D eigenvalue weighted by Gasteiger charge is 2.43. The third-order valence-electron chi connectivity index (χ3n) is 7.91. The molecule has 0 radical (unpaired) electrons. The maximum atomic E-state index is 15.1. The van der Waals surface area contributed by atoms with E-state index in [0.717, 1.165) is 11.4 Å². The first kappa shape index (κ1) is 34.9. The Morgan fingerprint density at radius 3 is 2.73 bits per heavy atom. The molecule has 2 atom stereocenters. The normalized spacial score (nSPS) is 15.9. The highest BCUT2D eigenvalue weighted by molar-refractivity contribution is 6.76. The van der Waals surface area contributed by atoms with Crippen LogP contribution in [0.4, 0.5) is 23.4 Å². The number of nitriles is 1. The molecule has 0 N–H and O–H groups in total. The van der Waals surface area contributed by atoms with Crippen LogP contribution in [0.15, 0.2) is 37.1 Å². The van der Waals surface area contributed by atoms with Crippen molar-refractivity contribution in [3.63, 3.8) is 0 Å². The van der Waals surface area contributed by atoms with E-state index in [2.05, 4.69) is 50.5 Å². The van der Waals surface area contributed by atoms with Gasteiger partial charge in [-0.15, -0.1) is 0 Å². The van der Waals surface area contributed by atoms with E-state index in [0.29, 0.717) is 49.3 Å². The van der Waals surface area contributed by atoms with Crippen molar-refractivity contribution < 1.29 is 36.6 Å². The minimum absolute atomic E-state index is 0.0959. The number of hydrogen-bond acceptors (Lipinski definition) is 10. The quantitative estimate of drug-likeness (QED) is 0.0454. The summed E-state index contributed by atoms with van der Waals surface area (Å²) < 4.78 is 65.8. The lowest BCUT2D eigenvalue weighted by Gasteiger charge is -2.23. The molecule has 4 aromatic rings. The Morgan fingerprint density at radius 1 is 1.25 bits per heavy atom. The molecular formula is C30H31ClF4N8O4Si. The third-order valence-corrected chi connectivity index (χ3v) is 9.91. The number of rotatable bonds is 11. The topological polar surface area (TPSA) is 141 Å². The summed E-state index contributed by atoms with van der Waals surface area (Å²) in [6.45, 7) is 8.44. The van der Waals surface area contributed by atoms with Crippen LogP contribution in [0.3, 0.4) is 0 Å². The number of fused-ring (bicyclic) bond motifs is 1. The SMILES string of the molecule is C[Si](C)(C)CCOCn1ccc2c(-c3cnn([C@@H](CC#N)[C@H]4CCN(c5nc(Cl)c(C(=O)OC(=O)C(F)(F)F)cc5F)C4)c3)ncnc21. The molecule has 1 fully saturated rings. The van der Waals surface area contributed by atoms with Gasteiger partial charge in [0.2, 0.25) is 0 Å². The first-order valence-corrected chi connectivity index (χ1v) is 19.0. The van der Waals surface area contributed by atoms with E-state index in [4.69, 9.17) is 16.3 Å². The van der Waals surface area contributed by atoms with E-state index in [1.165, 1.54) is 6.33 Å². The molecule has 12 nitrogen and oxygen atoms in total. The van der Waals surface area contributed by atoms with Crippen molar-refractivity contribution in [1.82, 2.24) is 29.3 Å². The first-order valence-electron chi connectivity index (χ1n) is 14.9. The maximum absolute atomic E-state index is 15.1. The number of aromatic nitrogens is 6. The Hall–Kier alpha value is -4.40. The van der Waals surface area contributed by atoms with Gasteiger partial charge in [0.15, 0.2) is 11.6 Å². The Labute approximate surface area is 278 Å². The van der Waals surface area contributed by atoms with Gasteiger partial charge in [-0.1, -0.05) is 31.2 Å². The van der Waals surface area contributed by atoms with Gasteiger partial charge in [0.05, 0.1) is 30.4 Å². The molecule has 0 amide bonds. The fraction of sp³-hybridized carbons (Fsp3) is 0.433. The fourth-order valence-electron chi connectivity index (χ4n) is 5.40. The van der Waals surface area contributed by atoms with Crippen LogP contribution in [0.25, 0.3) is 22.3 Å². The Bertz CT molecular complexity index is 1870. The molecule has 1 aliphatic heterocycles. The number of alkyl halides is 3. The summed E-state index contributed by atoms with van der Waals surface area (Å²) >= 11 is 6.00. The number of carbonyl (C=O) groups excluding carboxylic acids is 2. The second kappa shape index (κ2) is 14.0. The van der Waals surface area contributed by atoms with E-state index in [-0.39, 0.29) is 24.7 Å². The smallest absolute Gasteiger partial charge is 0.383 e. The lowest BCUT2D eigenvalue weighted by atomic mass is 9.96.